The minimum atomic E-state index is 0.448. The summed E-state index contributed by atoms with van der Waals surface area (Å²) in [5, 5.41) is 3.67. The van der Waals surface area contributed by atoms with Crippen LogP contribution in [-0.4, -0.2) is 30.1 Å². The van der Waals surface area contributed by atoms with Gasteiger partial charge in [-0.1, -0.05) is 43.2 Å². The highest BCUT2D eigenvalue weighted by Gasteiger charge is 2.27. The number of nitrogens with zero attached hydrogens (tertiary/aromatic N) is 1. The molecule has 1 unspecified atom stereocenters. The number of nitrogens with one attached hydrogen (secondary N) is 1. The van der Waals surface area contributed by atoms with Gasteiger partial charge in [-0.25, -0.2) is 0 Å². The molecule has 2 nitrogen and oxygen atoms in total. The Labute approximate surface area is 124 Å². The molecule has 1 aromatic carbocycles. The van der Waals surface area contributed by atoms with Gasteiger partial charge in [0.05, 0.1) is 0 Å². The molecule has 1 saturated heterocycles. The van der Waals surface area contributed by atoms with Gasteiger partial charge >= 0.3 is 0 Å². The van der Waals surface area contributed by atoms with Gasteiger partial charge in [-0.2, -0.15) is 0 Å². The van der Waals surface area contributed by atoms with Crippen LogP contribution in [0.1, 0.15) is 57.2 Å². The molecule has 1 aliphatic heterocycles. The van der Waals surface area contributed by atoms with Gasteiger partial charge in [0.15, 0.2) is 0 Å². The molecule has 20 heavy (non-hydrogen) atoms. The Morgan fingerprint density at radius 3 is 2.30 bits per heavy atom. The molecular formula is C18H30N2. The van der Waals surface area contributed by atoms with E-state index in [-0.39, 0.29) is 0 Å². The number of hydrogen-bond donors (Lipinski definition) is 1. The van der Waals surface area contributed by atoms with E-state index in [9.17, 15) is 0 Å². The molecule has 0 amide bonds. The van der Waals surface area contributed by atoms with Crippen molar-refractivity contribution in [1.82, 2.24) is 10.2 Å². The maximum Gasteiger partial charge on any atom is 0.0449 e. The Morgan fingerprint density at radius 2 is 1.75 bits per heavy atom. The lowest BCUT2D eigenvalue weighted by Gasteiger charge is -2.41. The monoisotopic (exact) mass is 274 g/mol. The second-order valence-electron chi connectivity index (χ2n) is 6.35. The molecule has 3 atom stereocenters. The first-order valence-corrected chi connectivity index (χ1v) is 8.17. The van der Waals surface area contributed by atoms with Crippen LogP contribution in [0.2, 0.25) is 0 Å². The maximum atomic E-state index is 3.67. The van der Waals surface area contributed by atoms with Crippen molar-refractivity contribution in [1.29, 1.82) is 0 Å². The lowest BCUT2D eigenvalue weighted by molar-refractivity contribution is 0.0911. The summed E-state index contributed by atoms with van der Waals surface area (Å²) >= 11 is 0. The normalized spacial score (nSPS) is 25.6. The van der Waals surface area contributed by atoms with Gasteiger partial charge in [-0.3, -0.25) is 4.90 Å². The average molecular weight is 274 g/mol. The summed E-state index contributed by atoms with van der Waals surface area (Å²) in [6, 6.07) is 10.9. The number of rotatable bonds is 5. The number of likely N-dealkylation sites (tertiary alicyclic amines) is 1. The van der Waals surface area contributed by atoms with Crippen LogP contribution in [0.25, 0.3) is 0 Å². The molecule has 2 rings (SSSR count). The predicted octanol–water partition coefficient (Wildman–Crippen LogP) is 3.91. The summed E-state index contributed by atoms with van der Waals surface area (Å²) in [5.41, 5.74) is 2.76. The van der Waals surface area contributed by atoms with Crippen LogP contribution in [0.4, 0.5) is 0 Å². The van der Waals surface area contributed by atoms with Crippen molar-refractivity contribution in [3.63, 3.8) is 0 Å². The van der Waals surface area contributed by atoms with Gasteiger partial charge in [-0.15, -0.1) is 0 Å². The highest BCUT2D eigenvalue weighted by atomic mass is 15.2. The first-order chi connectivity index (χ1) is 9.61. The Kier molecular flexibility index (Phi) is 5.62. The zero-order valence-electron chi connectivity index (χ0n) is 13.5. The van der Waals surface area contributed by atoms with Gasteiger partial charge in [0.25, 0.3) is 0 Å². The smallest absolute Gasteiger partial charge is 0.0449 e. The molecule has 1 N–H and O–H groups in total. The maximum absolute atomic E-state index is 3.67. The van der Waals surface area contributed by atoms with Gasteiger partial charge in [-0.05, 0) is 45.7 Å². The minimum Gasteiger partial charge on any atom is -0.309 e. The molecular weight excluding hydrogens is 244 g/mol. The molecule has 1 aromatic rings. The fourth-order valence-electron chi connectivity index (χ4n) is 3.38. The fourth-order valence-corrected chi connectivity index (χ4v) is 3.38. The predicted molar refractivity (Wildman–Crippen MR) is 87.1 cm³/mol. The van der Waals surface area contributed by atoms with Crippen LogP contribution >= 0.6 is 0 Å². The zero-order chi connectivity index (χ0) is 14.5. The van der Waals surface area contributed by atoms with Crippen LogP contribution in [0.5, 0.6) is 0 Å². The summed E-state index contributed by atoms with van der Waals surface area (Å²) in [4.78, 5) is 2.69. The van der Waals surface area contributed by atoms with E-state index in [2.05, 4.69) is 62.2 Å². The molecule has 1 fully saturated rings. The van der Waals surface area contributed by atoms with E-state index in [0.29, 0.717) is 18.1 Å². The molecule has 112 valence electrons. The molecule has 0 bridgehead atoms. The number of hydrogen-bond acceptors (Lipinski definition) is 2. The van der Waals surface area contributed by atoms with E-state index in [1.54, 1.807) is 0 Å². The highest BCUT2D eigenvalue weighted by Crippen LogP contribution is 2.25. The second-order valence-corrected chi connectivity index (χ2v) is 6.35. The lowest BCUT2D eigenvalue weighted by Crippen LogP contribution is -2.47. The summed E-state index contributed by atoms with van der Waals surface area (Å²) < 4.78 is 0. The van der Waals surface area contributed by atoms with Gasteiger partial charge in [0, 0.05) is 24.7 Å². The molecule has 2 heteroatoms. The third-order valence-electron chi connectivity index (χ3n) is 4.70. The highest BCUT2D eigenvalue weighted by molar-refractivity contribution is 5.24. The van der Waals surface area contributed by atoms with Gasteiger partial charge in [0.2, 0.25) is 0 Å². The topological polar surface area (TPSA) is 15.3 Å². The fraction of sp³-hybridized carbons (Fsp3) is 0.667. The number of piperidine rings is 1. The Morgan fingerprint density at radius 1 is 1.15 bits per heavy atom. The third-order valence-corrected chi connectivity index (χ3v) is 4.70. The summed E-state index contributed by atoms with van der Waals surface area (Å²) in [6.45, 7) is 11.3. The zero-order valence-corrected chi connectivity index (χ0v) is 13.5. The molecule has 0 aromatic heterocycles. The lowest BCUT2D eigenvalue weighted by atomic mass is 9.95. The van der Waals surface area contributed by atoms with E-state index in [1.165, 1.54) is 30.4 Å². The molecule has 1 heterocycles. The summed E-state index contributed by atoms with van der Waals surface area (Å²) in [6.07, 6.45) is 4.07. The Balaban J connectivity index is 2.10. The first kappa shape index (κ1) is 15.5. The van der Waals surface area contributed by atoms with Crippen molar-refractivity contribution in [3.8, 4) is 0 Å². The minimum absolute atomic E-state index is 0.448. The molecule has 0 spiro atoms. The van der Waals surface area contributed by atoms with Gasteiger partial charge < -0.3 is 5.32 Å². The Hall–Kier alpha value is -0.860. The van der Waals surface area contributed by atoms with Crippen molar-refractivity contribution in [2.75, 3.05) is 13.1 Å². The van der Waals surface area contributed by atoms with E-state index >= 15 is 0 Å². The van der Waals surface area contributed by atoms with Crippen molar-refractivity contribution >= 4 is 0 Å². The van der Waals surface area contributed by atoms with Crippen molar-refractivity contribution in [3.05, 3.63) is 35.4 Å². The van der Waals surface area contributed by atoms with Crippen LogP contribution in [0.15, 0.2) is 24.3 Å². The van der Waals surface area contributed by atoms with Crippen LogP contribution in [-0.2, 0) is 0 Å². The Bertz CT molecular complexity index is 388. The van der Waals surface area contributed by atoms with Crippen molar-refractivity contribution in [2.45, 2.75) is 65.1 Å². The van der Waals surface area contributed by atoms with Crippen LogP contribution in [0.3, 0.4) is 0 Å². The van der Waals surface area contributed by atoms with Gasteiger partial charge in [0.1, 0.15) is 0 Å². The van der Waals surface area contributed by atoms with E-state index in [0.717, 1.165) is 13.1 Å². The van der Waals surface area contributed by atoms with Crippen LogP contribution in [0, 0.1) is 6.92 Å². The quantitative estimate of drug-likeness (QED) is 0.876. The number of aryl methyl sites for hydroxylation is 1. The number of likely N-dealkylation sites (N-methyl/N-ethyl adjacent to an activating group) is 1. The molecule has 1 aliphatic rings. The largest absolute Gasteiger partial charge is 0.309 e. The second kappa shape index (κ2) is 7.24. The van der Waals surface area contributed by atoms with Crippen molar-refractivity contribution in [2.24, 2.45) is 0 Å². The molecule has 0 radical (unpaired) electrons. The summed E-state index contributed by atoms with van der Waals surface area (Å²) in [7, 11) is 0. The van der Waals surface area contributed by atoms with Crippen LogP contribution < -0.4 is 5.32 Å². The summed E-state index contributed by atoms with van der Waals surface area (Å²) in [5.74, 6) is 0. The molecule has 0 saturated carbocycles. The average Bonchev–Trinajstić information content (AvgIpc) is 2.43. The first-order valence-electron chi connectivity index (χ1n) is 8.17. The van der Waals surface area contributed by atoms with Crippen molar-refractivity contribution < 1.29 is 0 Å². The van der Waals surface area contributed by atoms with E-state index in [4.69, 9.17) is 0 Å². The SMILES string of the molecule is CCNC(CN1[C@H](C)CCC[C@@H]1C)c1ccc(C)cc1. The van der Waals surface area contributed by atoms with E-state index in [1.807, 2.05) is 0 Å². The number of benzene rings is 1. The molecule has 0 aliphatic carbocycles. The standard InChI is InChI=1S/C18H30N2/c1-5-19-18(17-11-9-14(2)10-12-17)13-20-15(3)7-6-8-16(20)4/h9-12,15-16,18-19H,5-8,13H2,1-4H3/t15-,16+,18?. The third kappa shape index (κ3) is 3.83. The van der Waals surface area contributed by atoms with E-state index < -0.39 is 0 Å².